The molecule has 2 N–H and O–H groups in total. The molecule has 12 heteroatoms. The molecular formula is C24H25N7O5. The Hall–Kier alpha value is -4.61. The number of rotatable bonds is 6. The third kappa shape index (κ3) is 4.40. The Morgan fingerprint density at radius 2 is 1.53 bits per heavy atom. The second-order valence-corrected chi connectivity index (χ2v) is 8.31. The number of hydrogen-bond acceptors (Lipinski definition) is 7. The number of hydrazine groups is 1. The summed E-state index contributed by atoms with van der Waals surface area (Å²) in [6.45, 7) is 2.41. The van der Waals surface area contributed by atoms with Gasteiger partial charge in [-0.25, -0.2) is 14.5 Å². The number of fused-ring (bicyclic) bond motifs is 2. The largest absolute Gasteiger partial charge is 0.332 e. The zero-order valence-electron chi connectivity index (χ0n) is 20.1. The predicted octanol–water partition coefficient (Wildman–Crippen LogP) is 0.607. The van der Waals surface area contributed by atoms with Crippen LogP contribution in [0, 0.1) is 0 Å². The van der Waals surface area contributed by atoms with E-state index >= 15 is 0 Å². The molecule has 4 aromatic rings. The zero-order valence-corrected chi connectivity index (χ0v) is 20.1. The first-order chi connectivity index (χ1) is 17.2. The molecule has 3 heterocycles. The molecule has 0 aliphatic rings. The highest BCUT2D eigenvalue weighted by Gasteiger charge is 2.19. The molecule has 0 saturated heterocycles. The van der Waals surface area contributed by atoms with Crippen molar-refractivity contribution in [3.63, 3.8) is 0 Å². The molecule has 0 atom stereocenters. The quantitative estimate of drug-likeness (QED) is 0.296. The van der Waals surface area contributed by atoms with Gasteiger partial charge in [0.05, 0.1) is 10.8 Å². The lowest BCUT2D eigenvalue weighted by Gasteiger charge is -2.12. The highest BCUT2D eigenvalue weighted by molar-refractivity contribution is 6.06. The van der Waals surface area contributed by atoms with Crippen LogP contribution in [-0.2, 0) is 20.6 Å². The van der Waals surface area contributed by atoms with E-state index < -0.39 is 23.1 Å². The van der Waals surface area contributed by atoms with Crippen molar-refractivity contribution in [1.82, 2.24) is 34.8 Å². The second kappa shape index (κ2) is 9.94. The van der Waals surface area contributed by atoms with Crippen LogP contribution in [0.1, 0.15) is 47.2 Å². The van der Waals surface area contributed by atoms with Crippen LogP contribution < -0.4 is 27.7 Å². The number of aromatic nitrogens is 5. The Balaban J connectivity index is 1.61. The van der Waals surface area contributed by atoms with Gasteiger partial charge in [-0.15, -0.1) is 0 Å². The van der Waals surface area contributed by atoms with Crippen molar-refractivity contribution in [2.24, 2.45) is 14.1 Å². The second-order valence-electron chi connectivity index (χ2n) is 8.31. The van der Waals surface area contributed by atoms with E-state index in [1.807, 2.05) is 6.92 Å². The van der Waals surface area contributed by atoms with Gasteiger partial charge in [-0.1, -0.05) is 38.0 Å². The first-order valence-electron chi connectivity index (χ1n) is 11.4. The van der Waals surface area contributed by atoms with Gasteiger partial charge in [0, 0.05) is 26.0 Å². The molecule has 186 valence electrons. The fraction of sp³-hybridized carbons (Fsp3) is 0.292. The third-order valence-electron chi connectivity index (χ3n) is 5.88. The zero-order chi connectivity index (χ0) is 26.0. The molecule has 3 aromatic heterocycles. The maximum atomic E-state index is 13.0. The molecule has 0 unspecified atom stereocenters. The molecular weight excluding hydrogens is 466 g/mol. The van der Waals surface area contributed by atoms with E-state index in [1.165, 1.54) is 30.9 Å². The highest BCUT2D eigenvalue weighted by atomic mass is 16.2. The smallest absolute Gasteiger partial charge is 0.280 e. The standard InChI is InChI=1S/C24H25N7O5/c1-4-5-8-13-31-23(35)15-10-7-6-9-14(15)18(28-31)21(33)27-26-20(32)17-12-11-16-19(25-17)29(2)24(36)30(3)22(16)34/h6-7,9-12H,4-5,8,13H2,1-3H3,(H,26,32)(H,27,33). The van der Waals surface area contributed by atoms with Crippen LogP contribution in [-0.4, -0.2) is 35.7 Å². The van der Waals surface area contributed by atoms with Gasteiger partial charge in [-0.05, 0) is 24.6 Å². The number of carbonyl (C=O) groups excluding carboxylic acids is 2. The number of hydrogen-bond donors (Lipinski definition) is 2. The summed E-state index contributed by atoms with van der Waals surface area (Å²) < 4.78 is 3.37. The number of nitrogens with zero attached hydrogens (tertiary/aromatic N) is 5. The first kappa shape index (κ1) is 24.5. The Kier molecular flexibility index (Phi) is 6.77. The number of unbranched alkanes of at least 4 members (excludes halogenated alkanes) is 2. The number of amides is 2. The number of aryl methyl sites for hydroxylation is 2. The predicted molar refractivity (Wildman–Crippen MR) is 133 cm³/mol. The normalized spacial score (nSPS) is 11.1. The van der Waals surface area contributed by atoms with Gasteiger partial charge in [0.15, 0.2) is 5.69 Å². The highest BCUT2D eigenvalue weighted by Crippen LogP contribution is 2.13. The lowest BCUT2D eigenvalue weighted by atomic mass is 10.1. The van der Waals surface area contributed by atoms with Gasteiger partial charge in [0.2, 0.25) is 0 Å². The Morgan fingerprint density at radius 1 is 0.833 bits per heavy atom. The maximum Gasteiger partial charge on any atom is 0.332 e. The summed E-state index contributed by atoms with van der Waals surface area (Å²) in [4.78, 5) is 67.1. The number of nitrogens with one attached hydrogen (secondary N) is 2. The molecule has 0 bridgehead atoms. The molecule has 12 nitrogen and oxygen atoms in total. The molecule has 0 saturated carbocycles. The molecule has 4 rings (SSSR count). The Labute approximate surface area is 204 Å². The minimum absolute atomic E-state index is 0.0145. The van der Waals surface area contributed by atoms with Crippen molar-refractivity contribution in [2.45, 2.75) is 32.7 Å². The average molecular weight is 492 g/mol. The van der Waals surface area contributed by atoms with Crippen molar-refractivity contribution < 1.29 is 9.59 Å². The van der Waals surface area contributed by atoms with E-state index in [-0.39, 0.29) is 28.0 Å². The van der Waals surface area contributed by atoms with E-state index in [9.17, 15) is 24.0 Å². The summed E-state index contributed by atoms with van der Waals surface area (Å²) in [7, 11) is 2.79. The summed E-state index contributed by atoms with van der Waals surface area (Å²) in [5.74, 6) is -1.48. The minimum atomic E-state index is -0.765. The van der Waals surface area contributed by atoms with Gasteiger partial charge in [-0.2, -0.15) is 5.10 Å². The van der Waals surface area contributed by atoms with E-state index in [4.69, 9.17) is 0 Å². The maximum absolute atomic E-state index is 13.0. The van der Waals surface area contributed by atoms with Crippen molar-refractivity contribution in [3.8, 4) is 0 Å². The molecule has 0 spiro atoms. The van der Waals surface area contributed by atoms with Crippen LogP contribution in [0.3, 0.4) is 0 Å². The molecule has 0 radical (unpaired) electrons. The monoisotopic (exact) mass is 491 g/mol. The van der Waals surface area contributed by atoms with Gasteiger partial charge in [0.25, 0.3) is 22.9 Å². The summed E-state index contributed by atoms with van der Waals surface area (Å²) in [6, 6.07) is 9.34. The molecule has 0 aliphatic carbocycles. The number of benzene rings is 1. The van der Waals surface area contributed by atoms with Crippen molar-refractivity contribution in [3.05, 3.63) is 79.0 Å². The van der Waals surface area contributed by atoms with Crippen LogP contribution in [0.5, 0.6) is 0 Å². The SMILES string of the molecule is CCCCCn1nc(C(=O)NNC(=O)c2ccc3c(=O)n(C)c(=O)n(C)c3n2)c2ccccc2c1=O. The summed E-state index contributed by atoms with van der Waals surface area (Å²) in [5, 5.41) is 5.12. The van der Waals surface area contributed by atoms with Gasteiger partial charge < -0.3 is 0 Å². The van der Waals surface area contributed by atoms with Crippen LogP contribution >= 0.6 is 0 Å². The van der Waals surface area contributed by atoms with E-state index in [2.05, 4.69) is 20.9 Å². The fourth-order valence-corrected chi connectivity index (χ4v) is 3.88. The molecule has 0 aliphatic heterocycles. The molecule has 2 amide bonds. The van der Waals surface area contributed by atoms with E-state index in [1.54, 1.807) is 24.3 Å². The summed E-state index contributed by atoms with van der Waals surface area (Å²) in [5.41, 5.74) is 3.07. The lowest BCUT2D eigenvalue weighted by molar-refractivity contribution is 0.0841. The van der Waals surface area contributed by atoms with Crippen molar-refractivity contribution in [1.29, 1.82) is 0 Å². The summed E-state index contributed by atoms with van der Waals surface area (Å²) in [6.07, 6.45) is 2.61. The lowest BCUT2D eigenvalue weighted by Crippen LogP contribution is -2.43. The Morgan fingerprint density at radius 3 is 2.25 bits per heavy atom. The fourth-order valence-electron chi connectivity index (χ4n) is 3.88. The molecule has 36 heavy (non-hydrogen) atoms. The van der Waals surface area contributed by atoms with Gasteiger partial charge in [-0.3, -0.25) is 39.2 Å². The van der Waals surface area contributed by atoms with Gasteiger partial charge in [0.1, 0.15) is 11.3 Å². The van der Waals surface area contributed by atoms with Crippen molar-refractivity contribution in [2.75, 3.05) is 0 Å². The topological polar surface area (TPSA) is 150 Å². The average Bonchev–Trinajstić information content (AvgIpc) is 2.90. The van der Waals surface area contributed by atoms with Crippen LogP contribution in [0.25, 0.3) is 21.8 Å². The third-order valence-corrected chi connectivity index (χ3v) is 5.88. The van der Waals surface area contributed by atoms with E-state index in [0.29, 0.717) is 17.3 Å². The number of pyridine rings is 1. The first-order valence-corrected chi connectivity index (χ1v) is 11.4. The van der Waals surface area contributed by atoms with Crippen LogP contribution in [0.4, 0.5) is 0 Å². The molecule has 0 fully saturated rings. The minimum Gasteiger partial charge on any atom is -0.280 e. The van der Waals surface area contributed by atoms with Crippen LogP contribution in [0.2, 0.25) is 0 Å². The Bertz CT molecular complexity index is 1680. The number of carbonyl (C=O) groups is 2. The summed E-state index contributed by atoms with van der Waals surface area (Å²) >= 11 is 0. The van der Waals surface area contributed by atoms with Crippen molar-refractivity contribution >= 4 is 33.6 Å². The molecule has 1 aromatic carbocycles. The van der Waals surface area contributed by atoms with Gasteiger partial charge >= 0.3 is 5.69 Å². The van der Waals surface area contributed by atoms with E-state index in [0.717, 1.165) is 28.4 Å². The van der Waals surface area contributed by atoms with Crippen LogP contribution in [0.15, 0.2) is 50.8 Å².